The van der Waals surface area contributed by atoms with Gasteiger partial charge in [-0.05, 0) is 30.2 Å². The molecule has 0 saturated carbocycles. The van der Waals surface area contributed by atoms with E-state index in [9.17, 15) is 17.6 Å². The number of hydrogen-bond acceptors (Lipinski definition) is 3. The minimum absolute atomic E-state index is 0.0132. The van der Waals surface area contributed by atoms with E-state index >= 15 is 0 Å². The highest BCUT2D eigenvalue weighted by atomic mass is 35.5. The molecule has 3 rings (SSSR count). The van der Waals surface area contributed by atoms with Crippen LogP contribution in [0.2, 0.25) is 5.02 Å². The second-order valence-electron chi connectivity index (χ2n) is 5.27. The number of benzene rings is 2. The lowest BCUT2D eigenvalue weighted by molar-refractivity contribution is 0.0930. The summed E-state index contributed by atoms with van der Waals surface area (Å²) in [6, 6.07) is 10.00. The molecule has 0 aromatic heterocycles. The van der Waals surface area contributed by atoms with E-state index in [1.165, 1.54) is 18.2 Å². The summed E-state index contributed by atoms with van der Waals surface area (Å²) in [7, 11) is -3.34. The molecule has 0 radical (unpaired) electrons. The highest BCUT2D eigenvalue weighted by Crippen LogP contribution is 2.32. The number of hydrogen-bond donors (Lipinski definition) is 1. The van der Waals surface area contributed by atoms with Gasteiger partial charge < -0.3 is 5.32 Å². The minimum Gasteiger partial charge on any atom is -0.345 e. The third kappa shape index (κ3) is 2.96. The minimum atomic E-state index is -3.34. The lowest BCUT2D eigenvalue weighted by Crippen LogP contribution is -2.34. The Hall–Kier alpha value is -1.92. The molecular formula is C16H13ClFNO3S. The van der Waals surface area contributed by atoms with E-state index in [1.807, 2.05) is 0 Å². The first-order valence-corrected chi connectivity index (χ1v) is 9.00. The van der Waals surface area contributed by atoms with E-state index < -0.39 is 27.6 Å². The molecule has 1 atom stereocenters. The molecule has 1 heterocycles. The number of carbonyl (C=O) groups excluding carboxylic acids is 1. The summed E-state index contributed by atoms with van der Waals surface area (Å²) in [5.74, 6) is -1.45. The Bertz CT molecular complexity index is 862. The molecule has 1 aliphatic heterocycles. The van der Waals surface area contributed by atoms with Crippen LogP contribution in [0, 0.1) is 5.82 Å². The average molecular weight is 354 g/mol. The van der Waals surface area contributed by atoms with Crippen molar-refractivity contribution in [3.05, 3.63) is 64.4 Å². The molecule has 7 heteroatoms. The summed E-state index contributed by atoms with van der Waals surface area (Å²) in [6.45, 7) is 0. The number of nitrogens with one attached hydrogen (secondary N) is 1. The summed E-state index contributed by atoms with van der Waals surface area (Å²) < 4.78 is 38.0. The van der Waals surface area contributed by atoms with Gasteiger partial charge in [0, 0.05) is 0 Å². The lowest BCUT2D eigenvalue weighted by atomic mass is 10.0. The molecule has 0 aliphatic carbocycles. The maximum atomic E-state index is 13.8. The van der Waals surface area contributed by atoms with Gasteiger partial charge in [-0.15, -0.1) is 0 Å². The topological polar surface area (TPSA) is 63.2 Å². The second kappa shape index (κ2) is 5.94. The van der Waals surface area contributed by atoms with Crippen molar-refractivity contribution in [1.82, 2.24) is 5.32 Å². The Morgan fingerprint density at radius 2 is 1.91 bits per heavy atom. The third-order valence-corrected chi connectivity index (χ3v) is 5.93. The van der Waals surface area contributed by atoms with Gasteiger partial charge in [0.2, 0.25) is 0 Å². The number of sulfone groups is 1. The standard InChI is InChI=1S/C16H13ClFNO3S/c17-11-5-3-6-12(18)15(11)16(20)19-13-8-9-23(21,22)14-7-2-1-4-10(13)14/h1-7,13H,8-9H2,(H,19,20). The van der Waals surface area contributed by atoms with Crippen molar-refractivity contribution in [2.24, 2.45) is 0 Å². The monoisotopic (exact) mass is 353 g/mol. The number of rotatable bonds is 2. The summed E-state index contributed by atoms with van der Waals surface area (Å²) in [5, 5.41) is 2.70. The zero-order valence-electron chi connectivity index (χ0n) is 11.9. The normalized spacial score (nSPS) is 19.0. The smallest absolute Gasteiger partial charge is 0.256 e. The van der Waals surface area contributed by atoms with Crippen LogP contribution in [0.3, 0.4) is 0 Å². The van der Waals surface area contributed by atoms with Gasteiger partial charge in [0.05, 0.1) is 27.3 Å². The van der Waals surface area contributed by atoms with Gasteiger partial charge in [0.25, 0.3) is 5.91 Å². The van der Waals surface area contributed by atoms with E-state index in [1.54, 1.807) is 18.2 Å². The number of fused-ring (bicyclic) bond motifs is 1. The second-order valence-corrected chi connectivity index (χ2v) is 7.75. The number of carbonyl (C=O) groups is 1. The first-order valence-electron chi connectivity index (χ1n) is 6.97. The van der Waals surface area contributed by atoms with Gasteiger partial charge in [-0.3, -0.25) is 4.79 Å². The van der Waals surface area contributed by atoms with E-state index in [-0.39, 0.29) is 27.7 Å². The van der Waals surface area contributed by atoms with Crippen LogP contribution in [0.5, 0.6) is 0 Å². The van der Waals surface area contributed by atoms with Gasteiger partial charge in [0.15, 0.2) is 9.84 Å². The molecule has 2 aromatic rings. The Morgan fingerprint density at radius 1 is 1.17 bits per heavy atom. The first kappa shape index (κ1) is 16.0. The maximum Gasteiger partial charge on any atom is 0.256 e. The van der Waals surface area contributed by atoms with Crippen LogP contribution in [-0.2, 0) is 9.84 Å². The zero-order valence-corrected chi connectivity index (χ0v) is 13.5. The summed E-state index contributed by atoms with van der Waals surface area (Å²) in [4.78, 5) is 12.5. The number of amides is 1. The number of halogens is 2. The molecule has 23 heavy (non-hydrogen) atoms. The van der Waals surface area contributed by atoms with Crippen molar-refractivity contribution in [3.8, 4) is 0 Å². The predicted molar refractivity (Wildman–Crippen MR) is 84.7 cm³/mol. The SMILES string of the molecule is O=C(NC1CCS(=O)(=O)c2ccccc21)c1c(F)cccc1Cl. The van der Waals surface area contributed by atoms with Gasteiger partial charge >= 0.3 is 0 Å². The fourth-order valence-electron chi connectivity index (χ4n) is 2.69. The third-order valence-electron chi connectivity index (χ3n) is 3.80. The van der Waals surface area contributed by atoms with Gasteiger partial charge in [-0.1, -0.05) is 35.9 Å². The maximum absolute atomic E-state index is 13.8. The quantitative estimate of drug-likeness (QED) is 0.902. The fraction of sp³-hybridized carbons (Fsp3) is 0.188. The lowest BCUT2D eigenvalue weighted by Gasteiger charge is -2.26. The van der Waals surface area contributed by atoms with E-state index in [2.05, 4.69) is 5.32 Å². The largest absolute Gasteiger partial charge is 0.345 e. The molecule has 0 spiro atoms. The van der Waals surface area contributed by atoms with E-state index in [0.29, 0.717) is 5.56 Å². The average Bonchev–Trinajstić information content (AvgIpc) is 2.50. The van der Waals surface area contributed by atoms with Crippen molar-refractivity contribution < 1.29 is 17.6 Å². The van der Waals surface area contributed by atoms with Crippen LogP contribution >= 0.6 is 11.6 Å². The molecule has 1 unspecified atom stereocenters. The molecule has 4 nitrogen and oxygen atoms in total. The van der Waals surface area contributed by atoms with Crippen LogP contribution in [0.1, 0.15) is 28.4 Å². The van der Waals surface area contributed by atoms with Crippen molar-refractivity contribution >= 4 is 27.3 Å². The molecule has 1 N–H and O–H groups in total. The van der Waals surface area contributed by atoms with E-state index in [0.717, 1.165) is 6.07 Å². The van der Waals surface area contributed by atoms with Crippen LogP contribution in [0.4, 0.5) is 4.39 Å². The van der Waals surface area contributed by atoms with Crippen molar-refractivity contribution in [3.63, 3.8) is 0 Å². The van der Waals surface area contributed by atoms with Crippen molar-refractivity contribution in [1.29, 1.82) is 0 Å². The molecule has 1 aliphatic rings. The Kier molecular flexibility index (Phi) is 4.12. The Labute approximate surface area is 138 Å². The van der Waals surface area contributed by atoms with Gasteiger partial charge in [-0.2, -0.15) is 0 Å². The summed E-state index contributed by atoms with van der Waals surface area (Å²) >= 11 is 5.89. The molecule has 0 bridgehead atoms. The molecule has 1 amide bonds. The molecule has 0 saturated heterocycles. The summed E-state index contributed by atoms with van der Waals surface area (Å²) in [5.41, 5.74) is 0.277. The Balaban J connectivity index is 1.94. The Morgan fingerprint density at radius 3 is 2.65 bits per heavy atom. The first-order chi connectivity index (χ1) is 10.9. The van der Waals surface area contributed by atoms with Crippen LogP contribution < -0.4 is 5.32 Å². The summed E-state index contributed by atoms with van der Waals surface area (Å²) in [6.07, 6.45) is 0.233. The van der Waals surface area contributed by atoms with Gasteiger partial charge in [0.1, 0.15) is 5.82 Å². The molecule has 120 valence electrons. The zero-order chi connectivity index (χ0) is 16.6. The van der Waals surface area contributed by atoms with Gasteiger partial charge in [-0.25, -0.2) is 12.8 Å². The van der Waals surface area contributed by atoms with E-state index in [4.69, 9.17) is 11.6 Å². The molecular weight excluding hydrogens is 341 g/mol. The fourth-order valence-corrected chi connectivity index (χ4v) is 4.56. The van der Waals surface area contributed by atoms with Crippen molar-refractivity contribution in [2.75, 3.05) is 5.75 Å². The highest BCUT2D eigenvalue weighted by molar-refractivity contribution is 7.91. The van der Waals surface area contributed by atoms with Crippen LogP contribution in [0.25, 0.3) is 0 Å². The van der Waals surface area contributed by atoms with Crippen LogP contribution in [-0.4, -0.2) is 20.1 Å². The molecule has 0 fully saturated rings. The molecule has 2 aromatic carbocycles. The predicted octanol–water partition coefficient (Wildman–Crippen LogP) is 3.13. The highest BCUT2D eigenvalue weighted by Gasteiger charge is 2.31. The van der Waals surface area contributed by atoms with Crippen LogP contribution in [0.15, 0.2) is 47.4 Å². The van der Waals surface area contributed by atoms with Crippen molar-refractivity contribution in [2.45, 2.75) is 17.4 Å².